The molecule has 198 valence electrons. The van der Waals surface area contributed by atoms with E-state index in [1.807, 2.05) is 0 Å². The molecule has 3 N–H and O–H groups in total. The number of hydrogen-bond acceptors (Lipinski definition) is 9. The zero-order chi connectivity index (χ0) is 26.1. The fraction of sp³-hybridized carbons (Fsp3) is 0.864. The van der Waals surface area contributed by atoms with Gasteiger partial charge in [-0.1, -0.05) is 34.1 Å². The monoisotopic (exact) mass is 509 g/mol. The highest BCUT2D eigenvalue weighted by molar-refractivity contribution is 7.86. The number of amides is 1. The number of carboxylic acid groups (broad SMARTS) is 1. The molecule has 0 radical (unpaired) electrons. The Kier molecular flexibility index (Phi) is 11.7. The molecule has 1 saturated carbocycles. The van der Waals surface area contributed by atoms with Gasteiger partial charge in [-0.2, -0.15) is 8.42 Å². The van der Waals surface area contributed by atoms with E-state index in [9.17, 15) is 33.0 Å². The SMILES string of the molecule is CC(=O)NCCCS(=O)(=O)OC(C(OC(=O)OC1CCCCC1)C(C)C)C(C)(C)[C@@H](O)C(=O)O. The summed E-state index contributed by atoms with van der Waals surface area (Å²) in [6.45, 7) is 7.36. The van der Waals surface area contributed by atoms with Crippen LogP contribution in [0.5, 0.6) is 0 Å². The molecule has 1 aliphatic carbocycles. The molecular weight excluding hydrogens is 470 g/mol. The summed E-state index contributed by atoms with van der Waals surface area (Å²) < 4.78 is 41.7. The fourth-order valence-electron chi connectivity index (χ4n) is 3.80. The molecule has 1 rings (SSSR count). The highest BCUT2D eigenvalue weighted by Crippen LogP contribution is 2.36. The summed E-state index contributed by atoms with van der Waals surface area (Å²) in [5.41, 5.74) is -1.67. The average molecular weight is 510 g/mol. The first kappa shape index (κ1) is 30.1. The van der Waals surface area contributed by atoms with Gasteiger partial charge < -0.3 is 25.0 Å². The molecule has 3 atom stereocenters. The Balaban J connectivity index is 3.12. The van der Waals surface area contributed by atoms with Crippen molar-refractivity contribution in [2.45, 2.75) is 97.6 Å². The van der Waals surface area contributed by atoms with Crippen molar-refractivity contribution in [3.63, 3.8) is 0 Å². The van der Waals surface area contributed by atoms with E-state index in [0.29, 0.717) is 12.8 Å². The van der Waals surface area contributed by atoms with E-state index in [-0.39, 0.29) is 25.0 Å². The summed E-state index contributed by atoms with van der Waals surface area (Å²) in [4.78, 5) is 35.1. The largest absolute Gasteiger partial charge is 0.508 e. The van der Waals surface area contributed by atoms with Crippen LogP contribution >= 0.6 is 0 Å². The molecule has 0 bridgehead atoms. The van der Waals surface area contributed by atoms with Crippen LogP contribution in [0, 0.1) is 11.3 Å². The third kappa shape index (κ3) is 9.75. The van der Waals surface area contributed by atoms with Gasteiger partial charge in [0.05, 0.1) is 5.75 Å². The van der Waals surface area contributed by atoms with Gasteiger partial charge in [0.25, 0.3) is 10.1 Å². The predicted octanol–water partition coefficient (Wildman–Crippen LogP) is 2.21. The zero-order valence-electron chi connectivity index (χ0n) is 20.6. The summed E-state index contributed by atoms with van der Waals surface area (Å²) >= 11 is 0. The summed E-state index contributed by atoms with van der Waals surface area (Å²) in [6, 6.07) is 0. The molecule has 0 spiro atoms. The van der Waals surface area contributed by atoms with Crippen molar-refractivity contribution in [1.82, 2.24) is 5.32 Å². The third-order valence-corrected chi connectivity index (χ3v) is 7.16. The van der Waals surface area contributed by atoms with Gasteiger partial charge in [0.15, 0.2) is 6.10 Å². The Morgan fingerprint density at radius 1 is 1.12 bits per heavy atom. The minimum absolute atomic E-state index is 0.0491. The van der Waals surface area contributed by atoms with Crippen molar-refractivity contribution in [3.05, 3.63) is 0 Å². The van der Waals surface area contributed by atoms with Gasteiger partial charge in [0.1, 0.15) is 18.3 Å². The quantitative estimate of drug-likeness (QED) is 0.190. The van der Waals surface area contributed by atoms with E-state index >= 15 is 0 Å². The van der Waals surface area contributed by atoms with Crippen molar-refractivity contribution in [1.29, 1.82) is 0 Å². The molecule has 0 aromatic heterocycles. The molecule has 12 heteroatoms. The number of aliphatic carboxylic acids is 1. The number of hydrogen-bond donors (Lipinski definition) is 3. The van der Waals surface area contributed by atoms with Crippen molar-refractivity contribution < 1.29 is 46.7 Å². The van der Waals surface area contributed by atoms with E-state index in [4.69, 9.17) is 13.7 Å². The van der Waals surface area contributed by atoms with Crippen molar-refractivity contribution in [3.8, 4) is 0 Å². The third-order valence-electron chi connectivity index (χ3n) is 5.87. The van der Waals surface area contributed by atoms with Gasteiger partial charge in [-0.05, 0) is 38.0 Å². The highest BCUT2D eigenvalue weighted by atomic mass is 32.2. The average Bonchev–Trinajstić information content (AvgIpc) is 2.73. The Morgan fingerprint density at radius 2 is 1.71 bits per heavy atom. The molecule has 0 heterocycles. The molecule has 34 heavy (non-hydrogen) atoms. The summed E-state index contributed by atoms with van der Waals surface area (Å²) in [6.07, 6.45) is -1.71. The minimum atomic E-state index is -4.25. The Bertz CT molecular complexity index is 790. The number of rotatable bonds is 13. The molecule has 1 fully saturated rings. The maximum absolute atomic E-state index is 12.7. The number of aliphatic hydroxyl groups excluding tert-OH is 1. The van der Waals surface area contributed by atoms with Crippen LogP contribution in [0.3, 0.4) is 0 Å². The second kappa shape index (κ2) is 13.2. The smallest absolute Gasteiger partial charge is 0.479 e. The van der Waals surface area contributed by atoms with E-state index in [1.165, 1.54) is 20.8 Å². The zero-order valence-corrected chi connectivity index (χ0v) is 21.4. The summed E-state index contributed by atoms with van der Waals surface area (Å²) in [7, 11) is -4.25. The number of nitrogens with one attached hydrogen (secondary N) is 1. The van der Waals surface area contributed by atoms with Crippen LogP contribution in [0.2, 0.25) is 0 Å². The van der Waals surface area contributed by atoms with Crippen LogP contribution in [0.4, 0.5) is 4.79 Å². The fourth-order valence-corrected chi connectivity index (χ4v) is 5.07. The molecule has 0 saturated heterocycles. The first-order valence-electron chi connectivity index (χ1n) is 11.6. The molecule has 1 amide bonds. The summed E-state index contributed by atoms with van der Waals surface area (Å²) in [5.74, 6) is -2.86. The van der Waals surface area contributed by atoms with Crippen molar-refractivity contribution >= 4 is 28.1 Å². The number of carboxylic acids is 1. The lowest BCUT2D eigenvalue weighted by molar-refractivity contribution is -0.164. The van der Waals surface area contributed by atoms with Crippen molar-refractivity contribution in [2.75, 3.05) is 12.3 Å². The van der Waals surface area contributed by atoms with E-state index in [1.54, 1.807) is 13.8 Å². The number of carbonyl (C=O) groups is 3. The number of ether oxygens (including phenoxy) is 2. The number of aliphatic hydroxyl groups is 1. The standard InChI is InChI=1S/C22H39NO10S/c1-14(2)17(32-21(28)31-16-10-7-6-8-11-16)19(22(4,5)18(25)20(26)27)33-34(29,30)13-9-12-23-15(3)24/h14,16-19,25H,6-13H2,1-5H3,(H,23,24)(H,26,27)/t17?,18-,19?/m0/s1. The molecular formula is C22H39NO10S. The lowest BCUT2D eigenvalue weighted by Gasteiger charge is -2.40. The number of carbonyl (C=O) groups excluding carboxylic acids is 2. The summed E-state index contributed by atoms with van der Waals surface area (Å²) in [5, 5.41) is 22.2. The lowest BCUT2D eigenvalue weighted by atomic mass is 9.76. The lowest BCUT2D eigenvalue weighted by Crippen LogP contribution is -2.54. The highest BCUT2D eigenvalue weighted by Gasteiger charge is 2.49. The Labute approximate surface area is 201 Å². The second-order valence-corrected chi connectivity index (χ2v) is 11.3. The molecule has 0 aromatic rings. The van der Waals surface area contributed by atoms with Gasteiger partial charge >= 0.3 is 12.1 Å². The van der Waals surface area contributed by atoms with Crippen LogP contribution in [-0.2, 0) is 33.4 Å². The Hall–Kier alpha value is -1.92. The predicted molar refractivity (Wildman–Crippen MR) is 122 cm³/mol. The second-order valence-electron chi connectivity index (χ2n) is 9.63. The van der Waals surface area contributed by atoms with Crippen LogP contribution in [0.25, 0.3) is 0 Å². The maximum Gasteiger partial charge on any atom is 0.508 e. The topological polar surface area (TPSA) is 166 Å². The van der Waals surface area contributed by atoms with Gasteiger partial charge in [0.2, 0.25) is 5.91 Å². The minimum Gasteiger partial charge on any atom is -0.479 e. The van der Waals surface area contributed by atoms with E-state index in [2.05, 4.69) is 5.32 Å². The molecule has 2 unspecified atom stereocenters. The molecule has 1 aliphatic rings. The van der Waals surface area contributed by atoms with Gasteiger partial charge in [-0.25, -0.2) is 9.59 Å². The molecule has 11 nitrogen and oxygen atoms in total. The first-order chi connectivity index (χ1) is 15.7. The van der Waals surface area contributed by atoms with E-state index < -0.39 is 57.6 Å². The van der Waals surface area contributed by atoms with Crippen LogP contribution in [0.15, 0.2) is 0 Å². The van der Waals surface area contributed by atoms with Crippen LogP contribution in [0.1, 0.15) is 73.1 Å². The molecule has 0 aliphatic heterocycles. The van der Waals surface area contributed by atoms with E-state index in [0.717, 1.165) is 19.3 Å². The Morgan fingerprint density at radius 3 is 2.21 bits per heavy atom. The van der Waals surface area contributed by atoms with Gasteiger partial charge in [-0.15, -0.1) is 0 Å². The van der Waals surface area contributed by atoms with Crippen molar-refractivity contribution in [2.24, 2.45) is 11.3 Å². The van der Waals surface area contributed by atoms with Crippen LogP contribution in [-0.4, -0.2) is 73.4 Å². The maximum atomic E-state index is 12.7. The van der Waals surface area contributed by atoms with Gasteiger partial charge in [-0.3, -0.25) is 8.98 Å². The normalized spacial score (nSPS) is 18.1. The van der Waals surface area contributed by atoms with Crippen LogP contribution < -0.4 is 5.32 Å². The molecule has 0 aromatic carbocycles. The first-order valence-corrected chi connectivity index (χ1v) is 13.2. The van der Waals surface area contributed by atoms with Gasteiger partial charge in [0, 0.05) is 18.9 Å².